The minimum atomic E-state index is -0.280. The number of carbonyl (C=O) groups is 2. The van der Waals surface area contributed by atoms with Crippen LogP contribution >= 0.6 is 15.9 Å². The highest BCUT2D eigenvalue weighted by Crippen LogP contribution is 2.30. The predicted molar refractivity (Wildman–Crippen MR) is 114 cm³/mol. The van der Waals surface area contributed by atoms with E-state index in [-0.39, 0.29) is 17.9 Å². The summed E-state index contributed by atoms with van der Waals surface area (Å²) >= 11 is 3.39. The molecular weight excluding hydrogens is 434 g/mol. The van der Waals surface area contributed by atoms with Gasteiger partial charge in [-0.1, -0.05) is 25.0 Å². The average Bonchev–Trinajstić information content (AvgIpc) is 3.34. The number of carbonyl (C=O) groups excluding carboxylic acids is 2. The fourth-order valence-electron chi connectivity index (χ4n) is 4.14. The Balaban J connectivity index is 1.55. The largest absolute Gasteiger partial charge is 0.455 e. The number of hydrogen-bond acceptors (Lipinski definition) is 4. The molecule has 0 bridgehead atoms. The predicted octanol–water partition coefficient (Wildman–Crippen LogP) is 4.49. The molecule has 2 aromatic rings. The van der Waals surface area contributed by atoms with E-state index in [0.29, 0.717) is 15.8 Å². The summed E-state index contributed by atoms with van der Waals surface area (Å²) in [5, 5.41) is 7.47. The second kappa shape index (κ2) is 8.53. The number of hydrogen-bond donors (Lipinski definition) is 2. The van der Waals surface area contributed by atoms with Gasteiger partial charge in [0.15, 0.2) is 5.76 Å². The number of hydrazone groups is 1. The zero-order chi connectivity index (χ0) is 20.4. The van der Waals surface area contributed by atoms with Crippen LogP contribution < -0.4 is 10.7 Å². The van der Waals surface area contributed by atoms with Crippen molar-refractivity contribution in [3.05, 3.63) is 56.9 Å². The standard InChI is InChI=1S/C22H24BrN3O3/c1-13-19-17(25-26-21(27)15-9-4-5-10-16(15)23)11-6-12-18(19)29-20(13)22(28)24-14-7-2-3-8-14/h4-5,9-10,14H,2-3,6-8,11-12H2,1H3,(H,24,28)(H,26,27)/b25-17+. The molecule has 2 N–H and O–H groups in total. The zero-order valence-corrected chi connectivity index (χ0v) is 18.0. The second-order valence-electron chi connectivity index (χ2n) is 7.64. The van der Waals surface area contributed by atoms with Gasteiger partial charge < -0.3 is 9.73 Å². The molecule has 0 spiro atoms. The van der Waals surface area contributed by atoms with Gasteiger partial charge in [0.1, 0.15) is 5.76 Å². The molecule has 152 valence electrons. The summed E-state index contributed by atoms with van der Waals surface area (Å²) in [7, 11) is 0. The molecule has 1 fully saturated rings. The van der Waals surface area contributed by atoms with Crippen LogP contribution in [0.2, 0.25) is 0 Å². The Kier molecular flexibility index (Phi) is 5.85. The molecule has 2 aliphatic rings. The maximum Gasteiger partial charge on any atom is 0.287 e. The van der Waals surface area contributed by atoms with E-state index in [2.05, 4.69) is 31.8 Å². The Morgan fingerprint density at radius 2 is 1.86 bits per heavy atom. The molecule has 1 saturated carbocycles. The Morgan fingerprint density at radius 1 is 1.10 bits per heavy atom. The number of nitrogens with zero attached hydrogens (tertiary/aromatic N) is 1. The van der Waals surface area contributed by atoms with Gasteiger partial charge in [-0.05, 0) is 60.7 Å². The lowest BCUT2D eigenvalue weighted by Gasteiger charge is -2.13. The molecule has 1 aromatic carbocycles. The van der Waals surface area contributed by atoms with E-state index in [1.54, 1.807) is 12.1 Å². The first kappa shape index (κ1) is 19.9. The van der Waals surface area contributed by atoms with E-state index in [4.69, 9.17) is 4.42 Å². The average molecular weight is 458 g/mol. The van der Waals surface area contributed by atoms with Crippen molar-refractivity contribution < 1.29 is 14.0 Å². The van der Waals surface area contributed by atoms with Crippen molar-refractivity contribution in [1.29, 1.82) is 0 Å². The highest BCUT2D eigenvalue weighted by Gasteiger charge is 2.29. The molecule has 1 heterocycles. The topological polar surface area (TPSA) is 83.7 Å². The maximum atomic E-state index is 12.7. The molecule has 0 unspecified atom stereocenters. The van der Waals surface area contributed by atoms with Crippen LogP contribution in [0, 0.1) is 6.92 Å². The number of amides is 2. The van der Waals surface area contributed by atoms with Crippen LogP contribution in [0.5, 0.6) is 0 Å². The van der Waals surface area contributed by atoms with Crippen molar-refractivity contribution in [1.82, 2.24) is 10.7 Å². The van der Waals surface area contributed by atoms with Crippen LogP contribution in [0.15, 0.2) is 38.3 Å². The molecule has 1 aromatic heterocycles. The third-order valence-electron chi connectivity index (χ3n) is 5.63. The first-order valence-corrected chi connectivity index (χ1v) is 10.9. The molecule has 29 heavy (non-hydrogen) atoms. The summed E-state index contributed by atoms with van der Waals surface area (Å²) in [5.41, 5.74) is 5.59. The fraction of sp³-hybridized carbons (Fsp3) is 0.409. The molecule has 0 radical (unpaired) electrons. The minimum Gasteiger partial charge on any atom is -0.455 e. The van der Waals surface area contributed by atoms with Gasteiger partial charge in [-0.2, -0.15) is 5.10 Å². The van der Waals surface area contributed by atoms with E-state index >= 15 is 0 Å². The number of nitrogens with one attached hydrogen (secondary N) is 2. The van der Waals surface area contributed by atoms with Gasteiger partial charge in [0.2, 0.25) is 0 Å². The van der Waals surface area contributed by atoms with Crippen molar-refractivity contribution in [2.24, 2.45) is 5.10 Å². The molecule has 7 heteroatoms. The van der Waals surface area contributed by atoms with Crippen molar-refractivity contribution >= 4 is 33.5 Å². The summed E-state index contributed by atoms with van der Waals surface area (Å²) in [4.78, 5) is 25.2. The Hall–Kier alpha value is -2.41. The van der Waals surface area contributed by atoms with Crippen LogP contribution in [0.1, 0.15) is 76.3 Å². The van der Waals surface area contributed by atoms with E-state index in [1.807, 2.05) is 19.1 Å². The van der Waals surface area contributed by atoms with Crippen molar-refractivity contribution in [3.8, 4) is 0 Å². The Morgan fingerprint density at radius 3 is 2.62 bits per heavy atom. The number of fused-ring (bicyclic) bond motifs is 1. The summed E-state index contributed by atoms with van der Waals surface area (Å²) < 4.78 is 6.65. The molecule has 2 aliphatic carbocycles. The molecular formula is C22H24BrN3O3. The van der Waals surface area contributed by atoms with Gasteiger partial charge in [-0.3, -0.25) is 9.59 Å². The number of rotatable bonds is 4. The highest BCUT2D eigenvalue weighted by atomic mass is 79.9. The van der Waals surface area contributed by atoms with Crippen molar-refractivity contribution in [2.75, 3.05) is 0 Å². The molecule has 2 amide bonds. The van der Waals surface area contributed by atoms with Gasteiger partial charge in [-0.15, -0.1) is 0 Å². The van der Waals surface area contributed by atoms with Gasteiger partial charge in [0, 0.05) is 28.1 Å². The first-order valence-electron chi connectivity index (χ1n) is 10.1. The van der Waals surface area contributed by atoms with E-state index in [9.17, 15) is 9.59 Å². The van der Waals surface area contributed by atoms with Crippen molar-refractivity contribution in [3.63, 3.8) is 0 Å². The number of furan rings is 1. The lowest BCUT2D eigenvalue weighted by atomic mass is 9.93. The quantitative estimate of drug-likeness (QED) is 0.663. The third kappa shape index (κ3) is 4.15. The van der Waals surface area contributed by atoms with Gasteiger partial charge in [0.25, 0.3) is 11.8 Å². The Bertz CT molecular complexity index is 974. The SMILES string of the molecule is Cc1c(C(=O)NC2CCCC2)oc2c1/C(=N/NC(=O)c1ccccc1Br)CCC2. The van der Waals surface area contributed by atoms with E-state index in [0.717, 1.165) is 67.5 Å². The summed E-state index contributed by atoms with van der Waals surface area (Å²) in [6, 6.07) is 7.45. The van der Waals surface area contributed by atoms with Crippen LogP contribution in [-0.2, 0) is 6.42 Å². The monoisotopic (exact) mass is 457 g/mol. The van der Waals surface area contributed by atoms with Gasteiger partial charge in [-0.25, -0.2) is 5.43 Å². The summed E-state index contributed by atoms with van der Waals surface area (Å²) in [5.74, 6) is 0.714. The maximum absolute atomic E-state index is 12.7. The van der Waals surface area contributed by atoms with E-state index < -0.39 is 0 Å². The van der Waals surface area contributed by atoms with Crippen LogP contribution in [0.3, 0.4) is 0 Å². The minimum absolute atomic E-state index is 0.152. The molecule has 0 saturated heterocycles. The van der Waals surface area contributed by atoms with Crippen LogP contribution in [0.25, 0.3) is 0 Å². The molecule has 0 atom stereocenters. The first-order chi connectivity index (χ1) is 14.0. The van der Waals surface area contributed by atoms with Gasteiger partial charge in [0.05, 0.1) is 11.3 Å². The van der Waals surface area contributed by atoms with E-state index in [1.165, 1.54) is 0 Å². The lowest BCUT2D eigenvalue weighted by molar-refractivity contribution is 0.0906. The molecule has 4 rings (SSSR count). The second-order valence-corrected chi connectivity index (χ2v) is 8.50. The Labute approximate surface area is 178 Å². The van der Waals surface area contributed by atoms with Crippen LogP contribution in [-0.4, -0.2) is 23.6 Å². The normalized spacial score (nSPS) is 17.9. The number of benzene rings is 1. The summed E-state index contributed by atoms with van der Waals surface area (Å²) in [6.07, 6.45) is 6.74. The van der Waals surface area contributed by atoms with Crippen molar-refractivity contribution in [2.45, 2.75) is 57.9 Å². The number of halogens is 1. The number of aryl methyl sites for hydroxylation is 1. The highest BCUT2D eigenvalue weighted by molar-refractivity contribution is 9.10. The molecule has 0 aliphatic heterocycles. The zero-order valence-electron chi connectivity index (χ0n) is 16.4. The smallest absolute Gasteiger partial charge is 0.287 e. The fourth-order valence-corrected chi connectivity index (χ4v) is 4.61. The summed E-state index contributed by atoms with van der Waals surface area (Å²) in [6.45, 7) is 1.89. The molecule has 6 nitrogen and oxygen atoms in total. The lowest BCUT2D eigenvalue weighted by Crippen LogP contribution is -2.32. The van der Waals surface area contributed by atoms with Gasteiger partial charge >= 0.3 is 0 Å². The third-order valence-corrected chi connectivity index (χ3v) is 6.32. The van der Waals surface area contributed by atoms with Crippen LogP contribution in [0.4, 0.5) is 0 Å².